The first-order valence-electron chi connectivity index (χ1n) is 8.60. The Morgan fingerprint density at radius 1 is 0.800 bits per heavy atom. The number of hydrogen-bond donors (Lipinski definition) is 0. The number of nitrogens with zero attached hydrogens (tertiary/aromatic N) is 1. The molecule has 1 heterocycles. The van der Waals surface area contributed by atoms with Gasteiger partial charge in [0, 0.05) is 39.3 Å². The third-order valence-electron chi connectivity index (χ3n) is 3.17. The van der Waals surface area contributed by atoms with Gasteiger partial charge in [0.15, 0.2) is 0 Å². The number of pyridine rings is 1. The Morgan fingerprint density at radius 3 is 1.70 bits per heavy atom. The Kier molecular flexibility index (Phi) is 16.2. The summed E-state index contributed by atoms with van der Waals surface area (Å²) >= 11 is 0. The molecule has 0 radical (unpaired) electrons. The normalized spacial score (nSPS) is 7.70. The zero-order valence-corrected chi connectivity index (χ0v) is 18.5. The molecule has 4 nitrogen and oxygen atoms in total. The van der Waals surface area contributed by atoms with E-state index in [9.17, 15) is 0 Å². The molecule has 0 atom stereocenters. The van der Waals surface area contributed by atoms with Gasteiger partial charge in [0.2, 0.25) is 0 Å². The Morgan fingerprint density at radius 2 is 1.30 bits per heavy atom. The zero-order chi connectivity index (χ0) is 22.3. The van der Waals surface area contributed by atoms with Gasteiger partial charge in [-0.05, 0) is 96.5 Å². The van der Waals surface area contributed by atoms with Crippen LogP contribution in [0.4, 0.5) is 0 Å². The summed E-state index contributed by atoms with van der Waals surface area (Å²) in [5, 5.41) is 0. The smallest absolute Gasteiger partial charge is 0.377 e. The van der Waals surface area contributed by atoms with Crippen LogP contribution in [0.5, 0.6) is 0 Å². The van der Waals surface area contributed by atoms with E-state index in [0.29, 0.717) is 0 Å². The fourth-order valence-electron chi connectivity index (χ4n) is 1.76. The summed E-state index contributed by atoms with van der Waals surface area (Å²) in [5.41, 5.74) is 1.03. The largest absolute Gasteiger partial charge is 0.500 e. The van der Waals surface area contributed by atoms with E-state index < -0.39 is 8.80 Å². The fraction of sp³-hybridized carbons (Fsp3) is 0.240. The lowest BCUT2D eigenvalue weighted by molar-refractivity contribution is 0.123. The van der Waals surface area contributed by atoms with Gasteiger partial charge in [0.1, 0.15) is 0 Å². The first kappa shape index (κ1) is 26.2. The fourth-order valence-corrected chi connectivity index (χ4v) is 3.44. The van der Waals surface area contributed by atoms with Gasteiger partial charge in [0.25, 0.3) is 0 Å². The molecular formula is C25H21NO3Si. The second kappa shape index (κ2) is 18.5. The summed E-state index contributed by atoms with van der Waals surface area (Å²) in [6.07, 6.45) is 7.46. The molecule has 0 aliphatic carbocycles. The summed E-state index contributed by atoms with van der Waals surface area (Å²) in [4.78, 5) is 4.24. The van der Waals surface area contributed by atoms with Crippen LogP contribution in [0.2, 0.25) is 6.04 Å². The average molecular weight is 412 g/mol. The zero-order valence-electron chi connectivity index (χ0n) is 17.5. The van der Waals surface area contributed by atoms with Gasteiger partial charge in [0.05, 0.1) is 0 Å². The lowest BCUT2D eigenvalue weighted by Gasteiger charge is -2.23. The van der Waals surface area contributed by atoms with Gasteiger partial charge < -0.3 is 13.3 Å². The van der Waals surface area contributed by atoms with Crippen LogP contribution in [0.1, 0.15) is 12.6 Å². The highest BCUT2D eigenvalue weighted by atomic mass is 28.4. The lowest BCUT2D eigenvalue weighted by atomic mass is 10.3. The Balaban J connectivity index is 0.000000561. The minimum Gasteiger partial charge on any atom is -0.377 e. The molecule has 0 fully saturated rings. The van der Waals surface area contributed by atoms with Crippen LogP contribution < -0.4 is 0 Å². The van der Waals surface area contributed by atoms with Crippen LogP contribution in [0.15, 0.2) is 24.4 Å². The molecule has 148 valence electrons. The first-order valence-corrected chi connectivity index (χ1v) is 10.5. The number of hydrogen-bond acceptors (Lipinski definition) is 4. The van der Waals surface area contributed by atoms with Crippen molar-refractivity contribution in [1.82, 2.24) is 4.98 Å². The van der Waals surface area contributed by atoms with Crippen molar-refractivity contribution < 1.29 is 13.3 Å². The molecule has 5 heteroatoms. The highest BCUT2D eigenvalue weighted by Gasteiger charge is 2.37. The van der Waals surface area contributed by atoms with Crippen molar-refractivity contribution in [3.05, 3.63) is 30.1 Å². The molecule has 0 N–H and O–H groups in total. The summed E-state index contributed by atoms with van der Waals surface area (Å²) in [6.45, 7) is 1.70. The quantitative estimate of drug-likeness (QED) is 0.531. The van der Waals surface area contributed by atoms with E-state index in [2.05, 4.69) is 81.9 Å². The van der Waals surface area contributed by atoms with Crippen molar-refractivity contribution in [2.24, 2.45) is 0 Å². The molecule has 1 aromatic rings. The van der Waals surface area contributed by atoms with Gasteiger partial charge in [-0.25, -0.2) is 0 Å². The van der Waals surface area contributed by atoms with E-state index >= 15 is 0 Å². The van der Waals surface area contributed by atoms with Gasteiger partial charge in [-0.2, -0.15) is 0 Å². The Bertz CT molecular complexity index is 1050. The van der Waals surface area contributed by atoms with Crippen molar-refractivity contribution in [1.29, 1.82) is 0 Å². The molecule has 0 aliphatic rings. The summed E-state index contributed by atoms with van der Waals surface area (Å²) < 4.78 is 16.0. The highest BCUT2D eigenvalue weighted by Crippen LogP contribution is 2.15. The average Bonchev–Trinajstić information content (AvgIpc) is 2.80. The number of aromatic nitrogens is 1. The van der Waals surface area contributed by atoms with Crippen LogP contribution in [0, 0.1) is 83.4 Å². The molecule has 30 heavy (non-hydrogen) atoms. The topological polar surface area (TPSA) is 40.6 Å². The van der Waals surface area contributed by atoms with E-state index in [1.54, 1.807) is 34.4 Å². The molecule has 0 aromatic carbocycles. The predicted octanol–water partition coefficient (Wildman–Crippen LogP) is 2.16. The van der Waals surface area contributed by atoms with E-state index in [-0.39, 0.29) is 0 Å². The minimum absolute atomic E-state index is 0.744. The van der Waals surface area contributed by atoms with Gasteiger partial charge >= 0.3 is 8.80 Å². The SMILES string of the molecule is C#CC#CC#CC#CC#CC#CC#CC.CO[Si](CCc1ccccn1)(OC)OC. The monoisotopic (exact) mass is 411 g/mol. The Hall–Kier alpha value is -3.83. The van der Waals surface area contributed by atoms with Crippen LogP contribution in [-0.2, 0) is 19.7 Å². The molecule has 0 spiro atoms. The lowest BCUT2D eigenvalue weighted by Crippen LogP contribution is -2.43. The molecule has 0 saturated carbocycles. The van der Waals surface area contributed by atoms with E-state index in [0.717, 1.165) is 18.2 Å². The molecule has 0 aliphatic heterocycles. The van der Waals surface area contributed by atoms with Crippen LogP contribution in [0.3, 0.4) is 0 Å². The molecular weight excluding hydrogens is 390 g/mol. The van der Waals surface area contributed by atoms with E-state index in [1.807, 2.05) is 18.2 Å². The maximum absolute atomic E-state index is 5.32. The number of terminal acetylenes is 1. The molecule has 0 bridgehead atoms. The summed E-state index contributed by atoms with van der Waals surface area (Å²) in [6, 6.07) is 6.60. The third kappa shape index (κ3) is 13.4. The number of aryl methyl sites for hydroxylation is 1. The first-order chi connectivity index (χ1) is 14.7. The van der Waals surface area contributed by atoms with E-state index in [1.165, 1.54) is 0 Å². The van der Waals surface area contributed by atoms with Crippen LogP contribution in [-0.4, -0.2) is 35.1 Å². The molecule has 0 amide bonds. The summed E-state index contributed by atoms with van der Waals surface area (Å²) in [7, 11) is 2.43. The highest BCUT2D eigenvalue weighted by molar-refractivity contribution is 6.60. The van der Waals surface area contributed by atoms with Gasteiger partial charge in [-0.1, -0.05) is 12.0 Å². The van der Waals surface area contributed by atoms with Crippen molar-refractivity contribution >= 4 is 8.80 Å². The summed E-state index contributed by atoms with van der Waals surface area (Å²) in [5.74, 6) is 31.9. The molecule has 0 unspecified atom stereocenters. The van der Waals surface area contributed by atoms with E-state index in [4.69, 9.17) is 19.7 Å². The second-order valence-corrected chi connectivity index (χ2v) is 7.98. The molecule has 1 rings (SSSR count). The van der Waals surface area contributed by atoms with Crippen LogP contribution >= 0.6 is 0 Å². The third-order valence-corrected chi connectivity index (χ3v) is 5.90. The standard InChI is InChI=1S/C15H4.C10H17NO3Si/c1-3-5-7-9-11-13-15-14-12-10-8-6-4-2;1-12-15(13-2,14-3)9-7-10-6-4-5-8-11-10/h1H,2H3;4-6,8H,7,9H2,1-3H3. The second-order valence-electron chi connectivity index (χ2n) is 4.89. The Labute approximate surface area is 181 Å². The van der Waals surface area contributed by atoms with Crippen molar-refractivity contribution in [3.63, 3.8) is 0 Å². The maximum atomic E-state index is 5.32. The predicted molar refractivity (Wildman–Crippen MR) is 121 cm³/mol. The number of rotatable bonds is 6. The van der Waals surface area contributed by atoms with Crippen molar-refractivity contribution in [3.8, 4) is 83.4 Å². The van der Waals surface area contributed by atoms with Gasteiger partial charge in [-0.3, -0.25) is 4.98 Å². The maximum Gasteiger partial charge on any atom is 0.500 e. The van der Waals surface area contributed by atoms with Crippen molar-refractivity contribution in [2.45, 2.75) is 19.4 Å². The van der Waals surface area contributed by atoms with Crippen molar-refractivity contribution in [2.75, 3.05) is 21.3 Å². The molecule has 1 aromatic heterocycles. The minimum atomic E-state index is -2.44. The van der Waals surface area contributed by atoms with Crippen LogP contribution in [0.25, 0.3) is 0 Å². The molecule has 0 saturated heterocycles. The van der Waals surface area contributed by atoms with Gasteiger partial charge in [-0.15, -0.1) is 6.42 Å².